The lowest BCUT2D eigenvalue weighted by Crippen LogP contribution is -2.44. The molecule has 1 aliphatic heterocycles. The van der Waals surface area contributed by atoms with Crippen LogP contribution in [-0.4, -0.2) is 59.6 Å². The Kier molecular flexibility index (Phi) is 6.01. The van der Waals surface area contributed by atoms with Gasteiger partial charge in [0.15, 0.2) is 0 Å². The van der Waals surface area contributed by atoms with E-state index in [1.54, 1.807) is 9.80 Å². The molecule has 1 atom stereocenters. The number of likely N-dealkylation sites (tertiary alicyclic amines) is 1. The van der Waals surface area contributed by atoms with E-state index in [2.05, 4.69) is 0 Å². The van der Waals surface area contributed by atoms with Crippen molar-refractivity contribution >= 4 is 12.0 Å². The first-order valence-electron chi connectivity index (χ1n) is 7.61. The van der Waals surface area contributed by atoms with Gasteiger partial charge < -0.3 is 20.3 Å². The molecule has 0 bridgehead atoms. The Morgan fingerprint density at radius 3 is 2.48 bits per heavy atom. The summed E-state index contributed by atoms with van der Waals surface area (Å²) in [6.07, 6.45) is 0.617. The maximum atomic E-state index is 12.0. The van der Waals surface area contributed by atoms with Crippen LogP contribution in [0.4, 0.5) is 4.79 Å². The zero-order valence-corrected chi connectivity index (χ0v) is 13.9. The van der Waals surface area contributed by atoms with E-state index in [-0.39, 0.29) is 30.5 Å². The van der Waals surface area contributed by atoms with Gasteiger partial charge in [0.05, 0.1) is 6.54 Å². The van der Waals surface area contributed by atoms with Crippen LogP contribution in [0.25, 0.3) is 0 Å². The van der Waals surface area contributed by atoms with Crippen molar-refractivity contribution in [3.63, 3.8) is 0 Å². The third kappa shape index (κ3) is 5.53. The molecule has 6 nitrogen and oxygen atoms in total. The van der Waals surface area contributed by atoms with Crippen molar-refractivity contribution in [3.05, 3.63) is 0 Å². The molecule has 0 aromatic heterocycles. The van der Waals surface area contributed by atoms with Crippen molar-refractivity contribution < 1.29 is 14.3 Å². The lowest BCUT2D eigenvalue weighted by molar-refractivity contribution is -0.132. The minimum Gasteiger partial charge on any atom is -0.444 e. The minimum absolute atomic E-state index is 0.0285. The lowest BCUT2D eigenvalue weighted by Gasteiger charge is -2.29. The Labute approximate surface area is 127 Å². The van der Waals surface area contributed by atoms with Crippen molar-refractivity contribution in [1.29, 1.82) is 0 Å². The second kappa shape index (κ2) is 7.11. The third-order valence-electron chi connectivity index (χ3n) is 3.51. The summed E-state index contributed by atoms with van der Waals surface area (Å²) in [6, 6.07) is 0.122. The van der Waals surface area contributed by atoms with Crippen LogP contribution < -0.4 is 5.73 Å². The standard InChI is InChI=1S/C15H29N3O3/c1-11(2)18(13(19)8-16)10-12-6-7-17(9-12)14(20)21-15(3,4)5/h11-12H,6-10,16H2,1-5H3/t12-/m1/s1. The summed E-state index contributed by atoms with van der Waals surface area (Å²) in [5, 5.41) is 0. The van der Waals surface area contributed by atoms with Crippen LogP contribution in [0.5, 0.6) is 0 Å². The Morgan fingerprint density at radius 2 is 2.00 bits per heavy atom. The predicted octanol–water partition coefficient (Wildman–Crippen LogP) is 1.44. The van der Waals surface area contributed by atoms with E-state index in [9.17, 15) is 9.59 Å². The largest absolute Gasteiger partial charge is 0.444 e. The molecular weight excluding hydrogens is 270 g/mol. The molecule has 0 saturated carbocycles. The number of nitrogens with two attached hydrogens (primary N) is 1. The first-order chi connectivity index (χ1) is 9.64. The molecule has 1 saturated heterocycles. The van der Waals surface area contributed by atoms with Gasteiger partial charge in [0.25, 0.3) is 0 Å². The van der Waals surface area contributed by atoms with Crippen LogP contribution in [0.1, 0.15) is 41.0 Å². The maximum absolute atomic E-state index is 12.0. The maximum Gasteiger partial charge on any atom is 0.410 e. The average molecular weight is 299 g/mol. The summed E-state index contributed by atoms with van der Waals surface area (Å²) in [7, 11) is 0. The highest BCUT2D eigenvalue weighted by Crippen LogP contribution is 2.21. The van der Waals surface area contributed by atoms with E-state index in [4.69, 9.17) is 10.5 Å². The van der Waals surface area contributed by atoms with Gasteiger partial charge >= 0.3 is 6.09 Å². The molecule has 6 heteroatoms. The topological polar surface area (TPSA) is 75.9 Å². The summed E-state index contributed by atoms with van der Waals surface area (Å²) >= 11 is 0. The van der Waals surface area contributed by atoms with E-state index in [0.29, 0.717) is 19.6 Å². The molecule has 1 aliphatic rings. The summed E-state index contributed by atoms with van der Waals surface area (Å²) in [5.41, 5.74) is 4.98. The van der Waals surface area contributed by atoms with Crippen molar-refractivity contribution in [2.45, 2.75) is 52.7 Å². The summed E-state index contributed by atoms with van der Waals surface area (Å²) in [5.74, 6) is 0.246. The molecule has 122 valence electrons. The molecule has 0 unspecified atom stereocenters. The van der Waals surface area contributed by atoms with E-state index >= 15 is 0 Å². The van der Waals surface area contributed by atoms with Gasteiger partial charge in [-0.15, -0.1) is 0 Å². The average Bonchev–Trinajstić information content (AvgIpc) is 2.81. The van der Waals surface area contributed by atoms with E-state index < -0.39 is 5.60 Å². The molecule has 2 amide bonds. The van der Waals surface area contributed by atoms with Crippen LogP contribution in [0.3, 0.4) is 0 Å². The van der Waals surface area contributed by atoms with Crippen molar-refractivity contribution in [2.24, 2.45) is 11.7 Å². The number of rotatable bonds is 4. The normalized spacial score (nSPS) is 19.0. The Morgan fingerprint density at radius 1 is 1.38 bits per heavy atom. The highest BCUT2D eigenvalue weighted by atomic mass is 16.6. The van der Waals surface area contributed by atoms with E-state index in [1.807, 2.05) is 34.6 Å². The van der Waals surface area contributed by atoms with E-state index in [1.165, 1.54) is 0 Å². The fraction of sp³-hybridized carbons (Fsp3) is 0.867. The zero-order valence-electron chi connectivity index (χ0n) is 13.9. The second-order valence-electron chi connectivity index (χ2n) is 6.93. The molecule has 0 spiro atoms. The predicted molar refractivity (Wildman–Crippen MR) is 81.8 cm³/mol. The Balaban J connectivity index is 2.54. The summed E-state index contributed by atoms with van der Waals surface area (Å²) in [4.78, 5) is 27.4. The Bertz CT molecular complexity index is 377. The van der Waals surface area contributed by atoms with Gasteiger partial charge in [-0.25, -0.2) is 4.79 Å². The molecule has 0 radical (unpaired) electrons. The fourth-order valence-electron chi connectivity index (χ4n) is 2.47. The first-order valence-corrected chi connectivity index (χ1v) is 7.61. The van der Waals surface area contributed by atoms with Gasteiger partial charge in [-0.05, 0) is 47.0 Å². The third-order valence-corrected chi connectivity index (χ3v) is 3.51. The highest BCUT2D eigenvalue weighted by Gasteiger charge is 2.31. The van der Waals surface area contributed by atoms with Crippen LogP contribution >= 0.6 is 0 Å². The number of hydrogen-bond acceptors (Lipinski definition) is 4. The van der Waals surface area contributed by atoms with Crippen molar-refractivity contribution in [2.75, 3.05) is 26.2 Å². The van der Waals surface area contributed by atoms with Crippen LogP contribution in [0, 0.1) is 5.92 Å². The molecule has 1 heterocycles. The van der Waals surface area contributed by atoms with Crippen molar-refractivity contribution in [1.82, 2.24) is 9.80 Å². The van der Waals surface area contributed by atoms with Gasteiger partial charge in [-0.3, -0.25) is 4.79 Å². The van der Waals surface area contributed by atoms with Crippen LogP contribution in [0.15, 0.2) is 0 Å². The monoisotopic (exact) mass is 299 g/mol. The summed E-state index contributed by atoms with van der Waals surface area (Å²) < 4.78 is 5.38. The van der Waals surface area contributed by atoms with Gasteiger partial charge in [0.2, 0.25) is 5.91 Å². The number of hydrogen-bond donors (Lipinski definition) is 1. The molecule has 1 fully saturated rings. The SMILES string of the molecule is CC(C)N(C[C@@H]1CCN(C(=O)OC(C)(C)C)C1)C(=O)CN. The van der Waals surface area contributed by atoms with Gasteiger partial charge in [0, 0.05) is 25.7 Å². The summed E-state index contributed by atoms with van der Waals surface area (Å²) in [6.45, 7) is 11.5. The van der Waals surface area contributed by atoms with Gasteiger partial charge in [-0.2, -0.15) is 0 Å². The molecule has 1 rings (SSSR count). The number of carbonyl (C=O) groups is 2. The smallest absolute Gasteiger partial charge is 0.410 e. The Hall–Kier alpha value is -1.30. The molecule has 21 heavy (non-hydrogen) atoms. The van der Waals surface area contributed by atoms with E-state index in [0.717, 1.165) is 6.42 Å². The number of nitrogens with zero attached hydrogens (tertiary/aromatic N) is 2. The molecule has 2 N–H and O–H groups in total. The minimum atomic E-state index is -0.478. The van der Waals surface area contributed by atoms with Crippen molar-refractivity contribution in [3.8, 4) is 0 Å². The number of ether oxygens (including phenoxy) is 1. The molecule has 0 aliphatic carbocycles. The quantitative estimate of drug-likeness (QED) is 0.852. The molecule has 0 aromatic rings. The fourth-order valence-corrected chi connectivity index (χ4v) is 2.47. The molecular formula is C15H29N3O3. The van der Waals surface area contributed by atoms with Gasteiger partial charge in [0.1, 0.15) is 5.60 Å². The lowest BCUT2D eigenvalue weighted by atomic mass is 10.1. The number of amides is 2. The number of carbonyl (C=O) groups excluding carboxylic acids is 2. The molecule has 0 aromatic carbocycles. The van der Waals surface area contributed by atoms with Crippen LogP contribution in [-0.2, 0) is 9.53 Å². The highest BCUT2D eigenvalue weighted by molar-refractivity contribution is 5.78. The first kappa shape index (κ1) is 17.8. The van der Waals surface area contributed by atoms with Gasteiger partial charge in [-0.1, -0.05) is 0 Å². The second-order valence-corrected chi connectivity index (χ2v) is 6.93. The zero-order chi connectivity index (χ0) is 16.2. The van der Waals surface area contributed by atoms with Crippen LogP contribution in [0.2, 0.25) is 0 Å².